The predicted octanol–water partition coefficient (Wildman–Crippen LogP) is 5.22. The van der Waals surface area contributed by atoms with Gasteiger partial charge in [-0.05, 0) is 61.9 Å². The van der Waals surface area contributed by atoms with E-state index in [1.807, 2.05) is 42.5 Å². The Hall–Kier alpha value is -3.93. The van der Waals surface area contributed by atoms with Crippen molar-refractivity contribution in [1.29, 1.82) is 0 Å². The Morgan fingerprint density at radius 3 is 2.44 bits per heavy atom. The number of hydrogen-bond donors (Lipinski definition) is 2. The van der Waals surface area contributed by atoms with E-state index in [1.165, 1.54) is 10.5 Å². The lowest BCUT2D eigenvalue weighted by molar-refractivity contribution is -0.131. The number of amides is 3. The van der Waals surface area contributed by atoms with Gasteiger partial charge in [0.25, 0.3) is 5.91 Å². The van der Waals surface area contributed by atoms with Crippen molar-refractivity contribution in [3.8, 4) is 11.1 Å². The number of unbranched alkanes of at least 4 members (excludes halogenated alkanes) is 2. The van der Waals surface area contributed by atoms with Crippen molar-refractivity contribution in [2.24, 2.45) is 0 Å². The quantitative estimate of drug-likeness (QED) is 0.339. The molecule has 1 aliphatic heterocycles. The lowest BCUT2D eigenvalue weighted by Crippen LogP contribution is -2.50. The third-order valence-corrected chi connectivity index (χ3v) is 6.78. The number of nitrogen functional groups attached to an aromatic ring is 1. The number of fused-ring (bicyclic) bond motifs is 3. The van der Waals surface area contributed by atoms with Crippen molar-refractivity contribution < 1.29 is 14.4 Å². The summed E-state index contributed by atoms with van der Waals surface area (Å²) in [6.07, 6.45) is 4.00. The molecule has 1 heterocycles. The van der Waals surface area contributed by atoms with Gasteiger partial charge in [-0.3, -0.25) is 14.4 Å². The zero-order valence-corrected chi connectivity index (χ0v) is 20.9. The Labute approximate surface area is 212 Å². The minimum Gasteiger partial charge on any atom is -0.398 e. The number of nitrogens with zero attached hydrogens (tertiary/aromatic N) is 1. The summed E-state index contributed by atoms with van der Waals surface area (Å²) < 4.78 is 0. The van der Waals surface area contributed by atoms with Crippen LogP contribution in [0.1, 0.15) is 56.6 Å². The molecule has 3 N–H and O–H groups in total. The van der Waals surface area contributed by atoms with Gasteiger partial charge in [-0.15, -0.1) is 0 Å². The highest BCUT2D eigenvalue weighted by Crippen LogP contribution is 2.44. The molecular formula is C30H33N3O3. The highest BCUT2D eigenvalue weighted by Gasteiger charge is 2.37. The topological polar surface area (TPSA) is 92.5 Å². The summed E-state index contributed by atoms with van der Waals surface area (Å²) in [6, 6.07) is 22.2. The van der Waals surface area contributed by atoms with E-state index in [-0.39, 0.29) is 11.8 Å². The molecule has 6 nitrogen and oxygen atoms in total. The number of aryl methyl sites for hydroxylation is 1. The Kier molecular flexibility index (Phi) is 7.84. The second-order valence-corrected chi connectivity index (χ2v) is 9.40. The van der Waals surface area contributed by atoms with Crippen LogP contribution in [0.3, 0.4) is 0 Å². The Balaban J connectivity index is 1.42. The van der Waals surface area contributed by atoms with E-state index in [9.17, 15) is 14.4 Å². The number of imide groups is 1. The molecule has 1 unspecified atom stereocenters. The first-order chi connectivity index (χ1) is 17.4. The van der Waals surface area contributed by atoms with Crippen LogP contribution in [0.2, 0.25) is 0 Å². The molecule has 0 saturated heterocycles. The smallest absolute Gasteiger partial charge is 0.256 e. The van der Waals surface area contributed by atoms with Gasteiger partial charge in [0.05, 0.1) is 11.6 Å². The largest absolute Gasteiger partial charge is 0.398 e. The van der Waals surface area contributed by atoms with Gasteiger partial charge in [-0.2, -0.15) is 0 Å². The summed E-state index contributed by atoms with van der Waals surface area (Å²) in [4.78, 5) is 40.9. The minimum absolute atomic E-state index is 0.193. The molecule has 0 spiro atoms. The SMILES string of the molecule is CC1C(=O)N(C(=O)[C@H](C)NC(=O)CCCCCc2ccccc2)c2cccc(N)c2-c2ccccc21. The first-order valence-electron chi connectivity index (χ1n) is 12.6. The maximum absolute atomic E-state index is 13.6. The summed E-state index contributed by atoms with van der Waals surface area (Å²) in [5.41, 5.74) is 10.9. The van der Waals surface area contributed by atoms with Crippen molar-refractivity contribution in [3.05, 3.63) is 83.9 Å². The van der Waals surface area contributed by atoms with Crippen LogP contribution in [0, 0.1) is 0 Å². The average molecular weight is 484 g/mol. The van der Waals surface area contributed by atoms with Gasteiger partial charge in [0, 0.05) is 17.7 Å². The molecule has 4 rings (SSSR count). The Morgan fingerprint density at radius 2 is 1.67 bits per heavy atom. The lowest BCUT2D eigenvalue weighted by atomic mass is 9.92. The number of carbonyl (C=O) groups excluding carboxylic acids is 3. The molecule has 3 aromatic rings. The fourth-order valence-corrected chi connectivity index (χ4v) is 4.82. The summed E-state index contributed by atoms with van der Waals surface area (Å²) in [6.45, 7) is 3.42. The minimum atomic E-state index is -0.853. The van der Waals surface area contributed by atoms with E-state index < -0.39 is 17.9 Å². The van der Waals surface area contributed by atoms with Gasteiger partial charge in [0.1, 0.15) is 6.04 Å². The maximum atomic E-state index is 13.6. The first kappa shape index (κ1) is 25.2. The van der Waals surface area contributed by atoms with Crippen molar-refractivity contribution >= 4 is 29.1 Å². The van der Waals surface area contributed by atoms with E-state index in [2.05, 4.69) is 17.4 Å². The van der Waals surface area contributed by atoms with Gasteiger partial charge in [-0.25, -0.2) is 4.90 Å². The molecule has 0 aliphatic carbocycles. The highest BCUT2D eigenvalue weighted by atomic mass is 16.2. The lowest BCUT2D eigenvalue weighted by Gasteiger charge is -2.26. The summed E-state index contributed by atoms with van der Waals surface area (Å²) in [5.74, 6) is -1.53. The van der Waals surface area contributed by atoms with E-state index in [1.54, 1.807) is 32.0 Å². The van der Waals surface area contributed by atoms with Crippen molar-refractivity contribution in [1.82, 2.24) is 5.32 Å². The van der Waals surface area contributed by atoms with Gasteiger partial charge >= 0.3 is 0 Å². The summed E-state index contributed by atoms with van der Waals surface area (Å²) >= 11 is 0. The molecule has 0 fully saturated rings. The molecule has 3 amide bonds. The van der Waals surface area contributed by atoms with Gasteiger partial charge < -0.3 is 11.1 Å². The van der Waals surface area contributed by atoms with Crippen LogP contribution in [-0.2, 0) is 20.8 Å². The van der Waals surface area contributed by atoms with E-state index in [4.69, 9.17) is 5.73 Å². The van der Waals surface area contributed by atoms with Crippen LogP contribution in [0.25, 0.3) is 11.1 Å². The van der Waals surface area contributed by atoms with Gasteiger partial charge in [0.2, 0.25) is 11.8 Å². The molecule has 3 aromatic carbocycles. The molecule has 6 heteroatoms. The molecule has 0 aromatic heterocycles. The summed E-state index contributed by atoms with van der Waals surface area (Å²) in [5, 5.41) is 2.79. The number of hydrogen-bond acceptors (Lipinski definition) is 4. The van der Waals surface area contributed by atoms with E-state index >= 15 is 0 Å². The van der Waals surface area contributed by atoms with Crippen LogP contribution >= 0.6 is 0 Å². The molecular weight excluding hydrogens is 450 g/mol. The third kappa shape index (κ3) is 5.33. The third-order valence-electron chi connectivity index (χ3n) is 6.78. The number of rotatable bonds is 8. The van der Waals surface area contributed by atoms with Gasteiger partial charge in [-0.1, -0.05) is 67.1 Å². The number of benzene rings is 3. The normalized spacial score (nSPS) is 15.4. The van der Waals surface area contributed by atoms with Crippen molar-refractivity contribution in [3.63, 3.8) is 0 Å². The second kappa shape index (κ2) is 11.2. The van der Waals surface area contributed by atoms with Gasteiger partial charge in [0.15, 0.2) is 0 Å². The number of anilines is 2. The van der Waals surface area contributed by atoms with Crippen molar-refractivity contribution in [2.45, 2.75) is 57.9 Å². The standard InChI is InChI=1S/C30H33N3O3/c1-20-23-15-9-10-16-24(23)28-25(31)17-11-18-26(28)33(29(20)35)30(36)21(2)32-27(34)19-8-4-7-14-22-12-5-3-6-13-22/h3,5-6,9-13,15-18,20-21H,4,7-8,14,19,31H2,1-2H3,(H,32,34)/t20?,21-/m0/s1. The summed E-state index contributed by atoms with van der Waals surface area (Å²) in [7, 11) is 0. The molecule has 0 bridgehead atoms. The fourth-order valence-electron chi connectivity index (χ4n) is 4.82. The Bertz CT molecular complexity index is 1260. The zero-order chi connectivity index (χ0) is 25.7. The molecule has 0 radical (unpaired) electrons. The maximum Gasteiger partial charge on any atom is 0.256 e. The number of nitrogens with one attached hydrogen (secondary N) is 1. The average Bonchev–Trinajstić information content (AvgIpc) is 2.97. The molecule has 1 aliphatic rings. The predicted molar refractivity (Wildman–Crippen MR) is 143 cm³/mol. The molecule has 2 atom stereocenters. The molecule has 0 saturated carbocycles. The second-order valence-electron chi connectivity index (χ2n) is 9.40. The first-order valence-corrected chi connectivity index (χ1v) is 12.6. The zero-order valence-electron chi connectivity index (χ0n) is 20.9. The van der Waals surface area contributed by atoms with Crippen LogP contribution < -0.4 is 16.0 Å². The Morgan fingerprint density at radius 1 is 0.944 bits per heavy atom. The van der Waals surface area contributed by atoms with Crippen LogP contribution in [-0.4, -0.2) is 23.8 Å². The number of carbonyl (C=O) groups is 3. The number of nitrogens with two attached hydrogens (primary N) is 1. The highest BCUT2D eigenvalue weighted by molar-refractivity contribution is 6.22. The van der Waals surface area contributed by atoms with Crippen LogP contribution in [0.4, 0.5) is 11.4 Å². The van der Waals surface area contributed by atoms with E-state index in [0.29, 0.717) is 23.4 Å². The fraction of sp³-hybridized carbons (Fsp3) is 0.300. The molecule has 36 heavy (non-hydrogen) atoms. The monoisotopic (exact) mass is 483 g/mol. The van der Waals surface area contributed by atoms with Crippen molar-refractivity contribution in [2.75, 3.05) is 10.6 Å². The molecule has 186 valence electrons. The van der Waals surface area contributed by atoms with E-state index in [0.717, 1.165) is 36.8 Å². The van der Waals surface area contributed by atoms with Crippen LogP contribution in [0.15, 0.2) is 72.8 Å². The van der Waals surface area contributed by atoms with Crippen LogP contribution in [0.5, 0.6) is 0 Å².